The Balaban J connectivity index is 1.97. The number of ketones is 1. The Kier molecular flexibility index (Phi) is 2.68. The van der Waals surface area contributed by atoms with Crippen LogP contribution in [-0.4, -0.2) is 17.4 Å². The predicted molar refractivity (Wildman–Crippen MR) is 67.9 cm³/mol. The fourth-order valence-electron chi connectivity index (χ4n) is 1.77. The molecule has 0 fully saturated rings. The van der Waals surface area contributed by atoms with Gasteiger partial charge in [0.1, 0.15) is 0 Å². The van der Waals surface area contributed by atoms with E-state index in [2.05, 4.69) is 5.32 Å². The van der Waals surface area contributed by atoms with Gasteiger partial charge in [0.2, 0.25) is 11.7 Å². The summed E-state index contributed by atoms with van der Waals surface area (Å²) in [5.74, 6) is 0.478. The molecule has 0 saturated heterocycles. The third kappa shape index (κ3) is 1.93. The topological polar surface area (TPSA) is 59.3 Å². The highest BCUT2D eigenvalue weighted by Gasteiger charge is 2.18. The van der Waals surface area contributed by atoms with Gasteiger partial charge in [-0.1, -0.05) is 0 Å². The molecule has 1 N–H and O–H groups in total. The predicted octanol–water partition coefficient (Wildman–Crippen LogP) is 2.55. The molecule has 0 aliphatic carbocycles. The molecule has 1 aromatic carbocycles. The molecule has 3 rings (SSSR count). The maximum atomic E-state index is 12.1. The number of anilines is 1. The van der Waals surface area contributed by atoms with Gasteiger partial charge in [-0.05, 0) is 30.3 Å². The average Bonchev–Trinajstić information content (AvgIpc) is 2.90. The number of carbonyl (C=O) groups is 2. The zero-order valence-corrected chi connectivity index (χ0v) is 10.1. The highest BCUT2D eigenvalue weighted by Crippen LogP contribution is 2.32. The van der Waals surface area contributed by atoms with Crippen LogP contribution in [0, 0.1) is 0 Å². The number of hydrogen-bond acceptors (Lipinski definition) is 4. The molecule has 2 aromatic rings. The van der Waals surface area contributed by atoms with Crippen LogP contribution in [0.5, 0.6) is 0 Å². The maximum absolute atomic E-state index is 12.1. The number of hydrogen-bond donors (Lipinski definition) is 1. The normalized spacial score (nSPS) is 13.9. The molecule has 0 spiro atoms. The van der Waals surface area contributed by atoms with Gasteiger partial charge in [-0.25, -0.2) is 0 Å². The van der Waals surface area contributed by atoms with Crippen LogP contribution in [0.25, 0.3) is 0 Å². The van der Waals surface area contributed by atoms with Crippen LogP contribution in [0.15, 0.2) is 45.9 Å². The molecule has 1 aromatic heterocycles. The fraction of sp³-hybridized carbons (Fsp3) is 0.0769. The lowest BCUT2D eigenvalue weighted by atomic mass is 10.1. The van der Waals surface area contributed by atoms with Crippen molar-refractivity contribution in [3.63, 3.8) is 0 Å². The number of furan rings is 1. The van der Waals surface area contributed by atoms with Gasteiger partial charge in [-0.3, -0.25) is 9.59 Å². The maximum Gasteiger partial charge on any atom is 0.234 e. The zero-order chi connectivity index (χ0) is 12.5. The second kappa shape index (κ2) is 4.34. The Bertz CT molecular complexity index is 619. The standard InChI is InChI=1S/C13H9NO3S/c15-12-7-18-11-4-3-8(6-9(11)14-12)13(16)10-2-1-5-17-10/h1-6H,7H2,(H,14,15). The molecule has 90 valence electrons. The molecule has 0 saturated carbocycles. The van der Waals surface area contributed by atoms with Crippen LogP contribution >= 0.6 is 11.8 Å². The molecule has 1 aliphatic heterocycles. The average molecular weight is 259 g/mol. The van der Waals surface area contributed by atoms with Crippen molar-refractivity contribution in [2.75, 3.05) is 11.1 Å². The van der Waals surface area contributed by atoms with Crippen LogP contribution in [0.1, 0.15) is 16.1 Å². The molecule has 0 unspecified atom stereocenters. The van der Waals surface area contributed by atoms with Crippen LogP contribution in [0.2, 0.25) is 0 Å². The molecule has 5 heteroatoms. The minimum atomic E-state index is -0.187. The van der Waals surface area contributed by atoms with Crippen molar-refractivity contribution in [1.29, 1.82) is 0 Å². The summed E-state index contributed by atoms with van der Waals surface area (Å²) in [4.78, 5) is 24.3. The summed E-state index contributed by atoms with van der Waals surface area (Å²) in [6, 6.07) is 8.56. The van der Waals surface area contributed by atoms with E-state index < -0.39 is 0 Å². The summed E-state index contributed by atoms with van der Waals surface area (Å²) in [5, 5.41) is 2.76. The van der Waals surface area contributed by atoms with E-state index in [9.17, 15) is 9.59 Å². The minimum Gasteiger partial charge on any atom is -0.461 e. The summed E-state index contributed by atoms with van der Waals surface area (Å²) >= 11 is 1.47. The van der Waals surface area contributed by atoms with Gasteiger partial charge in [-0.15, -0.1) is 11.8 Å². The SMILES string of the molecule is O=C1CSc2ccc(C(=O)c3ccco3)cc2N1. The molecular formula is C13H9NO3S. The smallest absolute Gasteiger partial charge is 0.234 e. The van der Waals surface area contributed by atoms with Crippen molar-refractivity contribution in [3.05, 3.63) is 47.9 Å². The van der Waals surface area contributed by atoms with Crippen molar-refractivity contribution in [1.82, 2.24) is 0 Å². The van der Waals surface area contributed by atoms with Crippen molar-refractivity contribution >= 4 is 29.1 Å². The molecule has 0 radical (unpaired) electrons. The van der Waals surface area contributed by atoms with Gasteiger partial charge in [0, 0.05) is 10.5 Å². The molecule has 4 nitrogen and oxygen atoms in total. The number of carbonyl (C=O) groups excluding carboxylic acids is 2. The van der Waals surface area contributed by atoms with Crippen molar-refractivity contribution in [2.24, 2.45) is 0 Å². The quantitative estimate of drug-likeness (QED) is 0.842. The van der Waals surface area contributed by atoms with Gasteiger partial charge >= 0.3 is 0 Å². The first-order chi connectivity index (χ1) is 8.74. The molecule has 2 heterocycles. The Labute approximate surface area is 107 Å². The first-order valence-electron chi connectivity index (χ1n) is 5.39. The first kappa shape index (κ1) is 11.1. The minimum absolute atomic E-state index is 0.0462. The molecule has 0 bridgehead atoms. The Morgan fingerprint density at radius 1 is 1.33 bits per heavy atom. The van der Waals surface area contributed by atoms with Gasteiger partial charge in [0.05, 0.1) is 17.7 Å². The van der Waals surface area contributed by atoms with Crippen molar-refractivity contribution in [3.8, 4) is 0 Å². The summed E-state index contributed by atoms with van der Waals surface area (Å²) < 4.78 is 5.07. The number of thioether (sulfide) groups is 1. The number of rotatable bonds is 2. The second-order valence-corrected chi connectivity index (χ2v) is 4.87. The summed E-state index contributed by atoms with van der Waals surface area (Å²) in [6.45, 7) is 0. The molecule has 1 amide bonds. The molecule has 1 aliphatic rings. The summed E-state index contributed by atoms with van der Waals surface area (Å²) in [5.41, 5.74) is 1.19. The number of amides is 1. The van der Waals surface area contributed by atoms with Crippen LogP contribution in [0.4, 0.5) is 5.69 Å². The lowest BCUT2D eigenvalue weighted by molar-refractivity contribution is -0.113. The van der Waals surface area contributed by atoms with Gasteiger partial charge in [-0.2, -0.15) is 0 Å². The van der Waals surface area contributed by atoms with Crippen molar-refractivity contribution < 1.29 is 14.0 Å². The van der Waals surface area contributed by atoms with E-state index in [0.29, 0.717) is 22.8 Å². The molecule has 18 heavy (non-hydrogen) atoms. The van der Waals surface area contributed by atoms with Gasteiger partial charge in [0.25, 0.3) is 0 Å². The monoisotopic (exact) mass is 259 g/mol. The lowest BCUT2D eigenvalue weighted by Gasteiger charge is -2.16. The highest BCUT2D eigenvalue weighted by molar-refractivity contribution is 8.00. The number of benzene rings is 1. The Morgan fingerprint density at radius 3 is 3.00 bits per heavy atom. The fourth-order valence-corrected chi connectivity index (χ4v) is 2.56. The number of nitrogens with one attached hydrogen (secondary N) is 1. The van der Waals surface area contributed by atoms with E-state index in [1.807, 2.05) is 6.07 Å². The summed E-state index contributed by atoms with van der Waals surface area (Å²) in [7, 11) is 0. The largest absolute Gasteiger partial charge is 0.461 e. The van der Waals surface area contributed by atoms with E-state index in [0.717, 1.165) is 4.90 Å². The van der Waals surface area contributed by atoms with Gasteiger partial charge < -0.3 is 9.73 Å². The Morgan fingerprint density at radius 2 is 2.22 bits per heavy atom. The van der Waals surface area contributed by atoms with E-state index in [1.54, 1.807) is 24.3 Å². The molecule has 0 atom stereocenters. The van der Waals surface area contributed by atoms with Crippen molar-refractivity contribution in [2.45, 2.75) is 4.90 Å². The molecular weight excluding hydrogens is 250 g/mol. The third-order valence-electron chi connectivity index (χ3n) is 2.62. The lowest BCUT2D eigenvalue weighted by Crippen LogP contribution is -2.19. The first-order valence-corrected chi connectivity index (χ1v) is 6.37. The van der Waals surface area contributed by atoms with Crippen LogP contribution in [-0.2, 0) is 4.79 Å². The number of fused-ring (bicyclic) bond motifs is 1. The Hall–Kier alpha value is -2.01. The second-order valence-electron chi connectivity index (χ2n) is 3.85. The van der Waals surface area contributed by atoms with Crippen LogP contribution < -0.4 is 5.32 Å². The van der Waals surface area contributed by atoms with Gasteiger partial charge in [0.15, 0.2) is 5.76 Å². The van der Waals surface area contributed by atoms with E-state index >= 15 is 0 Å². The van der Waals surface area contributed by atoms with E-state index in [4.69, 9.17) is 4.42 Å². The third-order valence-corrected chi connectivity index (χ3v) is 3.69. The zero-order valence-electron chi connectivity index (χ0n) is 9.30. The summed E-state index contributed by atoms with van der Waals surface area (Å²) in [6.07, 6.45) is 1.46. The van der Waals surface area contributed by atoms with Crippen LogP contribution in [0.3, 0.4) is 0 Å². The highest BCUT2D eigenvalue weighted by atomic mass is 32.2. The van der Waals surface area contributed by atoms with E-state index in [-0.39, 0.29) is 11.7 Å². The van der Waals surface area contributed by atoms with E-state index in [1.165, 1.54) is 18.0 Å².